The van der Waals surface area contributed by atoms with Gasteiger partial charge in [0.1, 0.15) is 0 Å². The van der Waals surface area contributed by atoms with Crippen molar-refractivity contribution in [3.8, 4) is 0 Å². The SMILES string of the molecule is CCC1(CC)COC2(CCC3(CC2)OCC(CC)(CCCCNC)CO3)OC1. The van der Waals surface area contributed by atoms with Gasteiger partial charge in [0.15, 0.2) is 11.6 Å². The summed E-state index contributed by atoms with van der Waals surface area (Å²) in [6.45, 7) is 11.1. The number of unbranched alkanes of at least 4 members (excludes halogenated alkanes) is 1. The number of nitrogens with one attached hydrogen (secondary N) is 1. The minimum atomic E-state index is -0.411. The van der Waals surface area contributed by atoms with Gasteiger partial charge in [-0.15, -0.1) is 0 Å². The van der Waals surface area contributed by atoms with Gasteiger partial charge in [-0.2, -0.15) is 0 Å². The van der Waals surface area contributed by atoms with Crippen molar-refractivity contribution in [3.05, 3.63) is 0 Å². The summed E-state index contributed by atoms with van der Waals surface area (Å²) in [4.78, 5) is 0. The Kier molecular flexibility index (Phi) is 7.47. The highest BCUT2D eigenvalue weighted by atomic mass is 16.7. The summed E-state index contributed by atoms with van der Waals surface area (Å²) in [5, 5.41) is 3.24. The Balaban J connectivity index is 1.49. The summed E-state index contributed by atoms with van der Waals surface area (Å²) in [5.41, 5.74) is 0.389. The molecule has 1 saturated carbocycles. The average molecular weight is 398 g/mol. The molecule has 0 aromatic heterocycles. The van der Waals surface area contributed by atoms with E-state index in [1.807, 2.05) is 7.05 Å². The van der Waals surface area contributed by atoms with E-state index in [1.165, 1.54) is 19.3 Å². The van der Waals surface area contributed by atoms with Gasteiger partial charge in [0.25, 0.3) is 0 Å². The predicted octanol–water partition coefficient (Wildman–Crippen LogP) is 4.64. The topological polar surface area (TPSA) is 49.0 Å². The number of hydrogen-bond acceptors (Lipinski definition) is 5. The molecule has 0 bridgehead atoms. The van der Waals surface area contributed by atoms with Crippen LogP contribution in [0.2, 0.25) is 0 Å². The molecular weight excluding hydrogens is 354 g/mol. The van der Waals surface area contributed by atoms with Crippen molar-refractivity contribution < 1.29 is 18.9 Å². The Labute approximate surface area is 172 Å². The van der Waals surface area contributed by atoms with E-state index >= 15 is 0 Å². The van der Waals surface area contributed by atoms with Crippen molar-refractivity contribution in [2.45, 2.75) is 96.6 Å². The molecule has 2 aliphatic heterocycles. The van der Waals surface area contributed by atoms with Crippen molar-refractivity contribution in [2.24, 2.45) is 10.8 Å². The molecule has 1 aliphatic carbocycles. The van der Waals surface area contributed by atoms with Crippen LogP contribution in [0.25, 0.3) is 0 Å². The van der Waals surface area contributed by atoms with E-state index in [0.717, 1.165) is 77.9 Å². The molecule has 3 rings (SSSR count). The van der Waals surface area contributed by atoms with Gasteiger partial charge >= 0.3 is 0 Å². The molecule has 0 radical (unpaired) electrons. The largest absolute Gasteiger partial charge is 0.349 e. The van der Waals surface area contributed by atoms with Crippen LogP contribution in [0.4, 0.5) is 0 Å². The maximum absolute atomic E-state index is 6.44. The Morgan fingerprint density at radius 3 is 1.46 bits per heavy atom. The third kappa shape index (κ3) is 4.75. The molecule has 28 heavy (non-hydrogen) atoms. The summed E-state index contributed by atoms with van der Waals surface area (Å²) in [5.74, 6) is -0.816. The van der Waals surface area contributed by atoms with Crippen LogP contribution in [0, 0.1) is 10.8 Å². The van der Waals surface area contributed by atoms with Gasteiger partial charge in [0.05, 0.1) is 26.4 Å². The number of rotatable bonds is 8. The molecule has 1 N–H and O–H groups in total. The van der Waals surface area contributed by atoms with E-state index in [4.69, 9.17) is 18.9 Å². The Morgan fingerprint density at radius 1 is 0.643 bits per heavy atom. The molecule has 164 valence electrons. The van der Waals surface area contributed by atoms with Gasteiger partial charge in [0.2, 0.25) is 0 Å². The van der Waals surface area contributed by atoms with Gasteiger partial charge in [-0.3, -0.25) is 0 Å². The van der Waals surface area contributed by atoms with E-state index < -0.39 is 11.6 Å². The Bertz CT molecular complexity index is 461. The Morgan fingerprint density at radius 2 is 1.07 bits per heavy atom. The van der Waals surface area contributed by atoms with Gasteiger partial charge in [-0.25, -0.2) is 0 Å². The third-order valence-electron chi connectivity index (χ3n) is 7.97. The van der Waals surface area contributed by atoms with Crippen LogP contribution in [0.15, 0.2) is 0 Å². The van der Waals surface area contributed by atoms with E-state index in [2.05, 4.69) is 26.1 Å². The van der Waals surface area contributed by atoms with Crippen LogP contribution in [0.3, 0.4) is 0 Å². The highest BCUT2D eigenvalue weighted by molar-refractivity contribution is 4.93. The van der Waals surface area contributed by atoms with Gasteiger partial charge in [-0.1, -0.05) is 27.2 Å². The molecule has 2 spiro atoms. The highest BCUT2D eigenvalue weighted by Crippen LogP contribution is 2.48. The Hall–Kier alpha value is -0.200. The summed E-state index contributed by atoms with van der Waals surface area (Å²) in [7, 11) is 2.02. The lowest BCUT2D eigenvalue weighted by atomic mass is 9.79. The normalized spacial score (nSPS) is 27.9. The van der Waals surface area contributed by atoms with E-state index in [-0.39, 0.29) is 10.8 Å². The van der Waals surface area contributed by atoms with Crippen molar-refractivity contribution in [1.82, 2.24) is 5.32 Å². The first kappa shape index (κ1) is 22.5. The maximum Gasteiger partial charge on any atom is 0.168 e. The second-order valence-electron chi connectivity index (χ2n) is 9.60. The summed E-state index contributed by atoms with van der Waals surface area (Å²) >= 11 is 0. The lowest BCUT2D eigenvalue weighted by molar-refractivity contribution is -0.368. The molecule has 0 aromatic rings. The molecular formula is C23H43NO4. The maximum atomic E-state index is 6.44. The molecule has 3 fully saturated rings. The number of hydrogen-bond donors (Lipinski definition) is 1. The predicted molar refractivity (Wildman–Crippen MR) is 111 cm³/mol. The zero-order valence-corrected chi connectivity index (χ0v) is 18.7. The van der Waals surface area contributed by atoms with E-state index in [9.17, 15) is 0 Å². The standard InChI is InChI=1S/C23H43NO4/c1-5-20(6-2)16-25-22(26-17-20)11-13-23(14-12-22)27-18-21(7-3,19-28-23)10-8-9-15-24-4/h24H,5-19H2,1-4H3. The minimum Gasteiger partial charge on any atom is -0.349 e. The quantitative estimate of drug-likeness (QED) is 0.605. The zero-order valence-electron chi connectivity index (χ0n) is 18.7. The highest BCUT2D eigenvalue weighted by Gasteiger charge is 2.52. The second kappa shape index (κ2) is 9.30. The monoisotopic (exact) mass is 397 g/mol. The van der Waals surface area contributed by atoms with Gasteiger partial charge < -0.3 is 24.3 Å². The van der Waals surface area contributed by atoms with Crippen LogP contribution in [0.5, 0.6) is 0 Å². The first-order chi connectivity index (χ1) is 13.5. The van der Waals surface area contributed by atoms with E-state index in [0.29, 0.717) is 0 Å². The average Bonchev–Trinajstić information content (AvgIpc) is 2.76. The molecule has 0 atom stereocenters. The van der Waals surface area contributed by atoms with Crippen molar-refractivity contribution in [2.75, 3.05) is 40.0 Å². The first-order valence-corrected chi connectivity index (χ1v) is 11.7. The second-order valence-corrected chi connectivity index (χ2v) is 9.60. The van der Waals surface area contributed by atoms with Crippen LogP contribution >= 0.6 is 0 Å². The van der Waals surface area contributed by atoms with Crippen molar-refractivity contribution in [3.63, 3.8) is 0 Å². The fraction of sp³-hybridized carbons (Fsp3) is 1.00. The third-order valence-corrected chi connectivity index (χ3v) is 7.97. The lowest BCUT2D eigenvalue weighted by Gasteiger charge is -2.53. The van der Waals surface area contributed by atoms with Gasteiger partial charge in [-0.05, 0) is 45.7 Å². The van der Waals surface area contributed by atoms with Crippen LogP contribution in [-0.4, -0.2) is 51.6 Å². The summed E-state index contributed by atoms with van der Waals surface area (Å²) in [6.07, 6.45) is 10.5. The van der Waals surface area contributed by atoms with Crippen LogP contribution in [0.1, 0.15) is 85.0 Å². The smallest absolute Gasteiger partial charge is 0.168 e. The molecule has 0 aromatic carbocycles. The molecule has 2 saturated heterocycles. The fourth-order valence-corrected chi connectivity index (χ4v) is 4.88. The zero-order chi connectivity index (χ0) is 20.1. The van der Waals surface area contributed by atoms with Crippen LogP contribution < -0.4 is 5.32 Å². The first-order valence-electron chi connectivity index (χ1n) is 11.7. The minimum absolute atomic E-state index is 0.188. The molecule has 5 heteroatoms. The molecule has 5 nitrogen and oxygen atoms in total. The molecule has 0 unspecified atom stereocenters. The molecule has 2 heterocycles. The van der Waals surface area contributed by atoms with Crippen LogP contribution in [-0.2, 0) is 18.9 Å². The van der Waals surface area contributed by atoms with Crippen molar-refractivity contribution >= 4 is 0 Å². The summed E-state index contributed by atoms with van der Waals surface area (Å²) < 4.78 is 25.6. The van der Waals surface area contributed by atoms with Gasteiger partial charge in [0, 0.05) is 36.5 Å². The fourth-order valence-electron chi connectivity index (χ4n) is 4.88. The van der Waals surface area contributed by atoms with E-state index in [1.54, 1.807) is 0 Å². The lowest BCUT2D eigenvalue weighted by Crippen LogP contribution is -2.57. The van der Waals surface area contributed by atoms with Crippen molar-refractivity contribution in [1.29, 1.82) is 0 Å². The number of ether oxygens (including phenoxy) is 4. The molecule has 0 amide bonds. The summed E-state index contributed by atoms with van der Waals surface area (Å²) in [6, 6.07) is 0. The molecule has 3 aliphatic rings.